The Bertz CT molecular complexity index is 240. The molecule has 0 saturated heterocycles. The molecule has 10 heavy (non-hydrogen) atoms. The van der Waals surface area contributed by atoms with Gasteiger partial charge in [0.2, 0.25) is 0 Å². The molecule has 0 unspecified atom stereocenters. The maximum atomic E-state index is 3.91. The first kappa shape index (κ1) is 6.82. The quantitative estimate of drug-likeness (QED) is 0.487. The number of hydrogen-bond acceptors (Lipinski definition) is 1. The second-order valence-electron chi connectivity index (χ2n) is 1.79. The van der Waals surface area contributed by atoms with E-state index in [-0.39, 0.29) is 0 Å². The van der Waals surface area contributed by atoms with Gasteiger partial charge < -0.3 is 0 Å². The summed E-state index contributed by atoms with van der Waals surface area (Å²) in [6.45, 7) is 3.61. The SMILES string of the molecule is [CH2]CC#Cc1cccnc1. The van der Waals surface area contributed by atoms with Gasteiger partial charge in [-0.05, 0) is 19.1 Å². The van der Waals surface area contributed by atoms with Crippen LogP contribution in [0.5, 0.6) is 0 Å². The van der Waals surface area contributed by atoms with E-state index < -0.39 is 0 Å². The molecule has 1 nitrogen and oxygen atoms in total. The lowest BCUT2D eigenvalue weighted by molar-refractivity contribution is 1.31. The molecule has 0 N–H and O–H groups in total. The first-order chi connectivity index (χ1) is 4.93. The van der Waals surface area contributed by atoms with Crippen LogP contribution < -0.4 is 0 Å². The zero-order chi connectivity index (χ0) is 7.23. The first-order valence-electron chi connectivity index (χ1n) is 3.11. The molecule has 49 valence electrons. The van der Waals surface area contributed by atoms with E-state index in [4.69, 9.17) is 0 Å². The summed E-state index contributed by atoms with van der Waals surface area (Å²) in [7, 11) is 0. The Hall–Kier alpha value is -1.29. The molecular formula is C9H8N. The second kappa shape index (κ2) is 3.68. The van der Waals surface area contributed by atoms with Gasteiger partial charge in [-0.3, -0.25) is 4.98 Å². The van der Waals surface area contributed by atoms with Crippen molar-refractivity contribution in [3.8, 4) is 11.8 Å². The number of nitrogens with zero attached hydrogens (tertiary/aromatic N) is 1. The summed E-state index contributed by atoms with van der Waals surface area (Å²) in [5.74, 6) is 5.78. The van der Waals surface area contributed by atoms with Gasteiger partial charge in [-0.15, -0.1) is 0 Å². The van der Waals surface area contributed by atoms with Gasteiger partial charge in [0.05, 0.1) is 0 Å². The minimum absolute atomic E-state index is 0.648. The molecule has 0 aliphatic heterocycles. The highest BCUT2D eigenvalue weighted by Gasteiger charge is 1.79. The zero-order valence-corrected chi connectivity index (χ0v) is 5.67. The number of hydrogen-bond donors (Lipinski definition) is 0. The standard InChI is InChI=1S/C9H8N/c1-2-3-5-9-6-4-7-10-8-9/h4,6-8H,1-2H2. The molecule has 1 rings (SSSR count). The molecule has 0 fully saturated rings. The Labute approximate surface area is 61.1 Å². The minimum atomic E-state index is 0.648. The summed E-state index contributed by atoms with van der Waals surface area (Å²) in [5, 5.41) is 0. The molecular weight excluding hydrogens is 122 g/mol. The van der Waals surface area contributed by atoms with Gasteiger partial charge in [-0.2, -0.15) is 0 Å². The average molecular weight is 130 g/mol. The summed E-state index contributed by atoms with van der Waals surface area (Å²) in [5.41, 5.74) is 0.950. The smallest absolute Gasteiger partial charge is 0.0428 e. The molecule has 0 atom stereocenters. The summed E-state index contributed by atoms with van der Waals surface area (Å²) in [6, 6.07) is 3.79. The topological polar surface area (TPSA) is 12.9 Å². The van der Waals surface area contributed by atoms with E-state index in [2.05, 4.69) is 23.7 Å². The Kier molecular flexibility index (Phi) is 2.51. The van der Waals surface area contributed by atoms with E-state index in [0.29, 0.717) is 6.42 Å². The van der Waals surface area contributed by atoms with Crippen LogP contribution in [0, 0.1) is 18.8 Å². The van der Waals surface area contributed by atoms with Gasteiger partial charge in [0.25, 0.3) is 0 Å². The van der Waals surface area contributed by atoms with Crippen LogP contribution in [0.1, 0.15) is 12.0 Å². The fraction of sp³-hybridized carbons (Fsp3) is 0.111. The molecule has 0 aliphatic rings. The van der Waals surface area contributed by atoms with Crippen LogP contribution in [0.2, 0.25) is 0 Å². The van der Waals surface area contributed by atoms with Crippen LogP contribution >= 0.6 is 0 Å². The Balaban J connectivity index is 2.76. The van der Waals surface area contributed by atoms with Crippen molar-refractivity contribution in [3.05, 3.63) is 37.0 Å². The number of rotatable bonds is 0. The van der Waals surface area contributed by atoms with Gasteiger partial charge in [-0.1, -0.05) is 11.8 Å². The third-order valence-electron chi connectivity index (χ3n) is 1.02. The van der Waals surface area contributed by atoms with Gasteiger partial charge in [0.1, 0.15) is 0 Å². The monoisotopic (exact) mass is 130 g/mol. The predicted molar refractivity (Wildman–Crippen MR) is 41.1 cm³/mol. The van der Waals surface area contributed by atoms with Crippen LogP contribution in [-0.4, -0.2) is 4.98 Å². The van der Waals surface area contributed by atoms with E-state index in [1.54, 1.807) is 12.4 Å². The molecule has 0 amide bonds. The van der Waals surface area contributed by atoms with E-state index in [1.165, 1.54) is 0 Å². The van der Waals surface area contributed by atoms with Crippen LogP contribution in [0.15, 0.2) is 24.5 Å². The highest BCUT2D eigenvalue weighted by molar-refractivity contribution is 5.30. The normalized spacial score (nSPS) is 8.10. The molecule has 0 aliphatic carbocycles. The summed E-state index contributed by atoms with van der Waals surface area (Å²) in [4.78, 5) is 3.91. The lowest BCUT2D eigenvalue weighted by Gasteiger charge is -1.83. The molecule has 0 aromatic carbocycles. The Morgan fingerprint density at radius 3 is 3.10 bits per heavy atom. The maximum absolute atomic E-state index is 3.91. The second-order valence-corrected chi connectivity index (χ2v) is 1.79. The van der Waals surface area contributed by atoms with Crippen molar-refractivity contribution in [2.24, 2.45) is 0 Å². The van der Waals surface area contributed by atoms with Gasteiger partial charge >= 0.3 is 0 Å². The van der Waals surface area contributed by atoms with Gasteiger partial charge in [-0.25, -0.2) is 0 Å². The summed E-state index contributed by atoms with van der Waals surface area (Å²) < 4.78 is 0. The van der Waals surface area contributed by atoms with E-state index >= 15 is 0 Å². The van der Waals surface area contributed by atoms with E-state index in [1.807, 2.05) is 12.1 Å². The fourth-order valence-electron chi connectivity index (χ4n) is 0.601. The largest absolute Gasteiger partial charge is 0.263 e. The molecule has 0 bridgehead atoms. The van der Waals surface area contributed by atoms with Crippen molar-refractivity contribution in [2.45, 2.75) is 6.42 Å². The Morgan fingerprint density at radius 2 is 2.50 bits per heavy atom. The maximum Gasteiger partial charge on any atom is 0.0428 e. The average Bonchev–Trinajstić information content (AvgIpc) is 2.03. The predicted octanol–water partition coefficient (Wildman–Crippen LogP) is 1.66. The molecule has 1 heterocycles. The number of pyridine rings is 1. The molecule has 0 saturated carbocycles. The molecule has 1 aromatic heterocycles. The van der Waals surface area contributed by atoms with Crippen molar-refractivity contribution < 1.29 is 0 Å². The van der Waals surface area contributed by atoms with Crippen LogP contribution in [0.25, 0.3) is 0 Å². The lowest BCUT2D eigenvalue weighted by atomic mass is 10.3. The summed E-state index contributed by atoms with van der Waals surface area (Å²) in [6.07, 6.45) is 4.12. The fourth-order valence-corrected chi connectivity index (χ4v) is 0.601. The Morgan fingerprint density at radius 1 is 1.60 bits per heavy atom. The van der Waals surface area contributed by atoms with Crippen molar-refractivity contribution in [1.82, 2.24) is 4.98 Å². The minimum Gasteiger partial charge on any atom is -0.263 e. The van der Waals surface area contributed by atoms with Crippen molar-refractivity contribution in [3.63, 3.8) is 0 Å². The van der Waals surface area contributed by atoms with Crippen molar-refractivity contribution in [2.75, 3.05) is 0 Å². The third kappa shape index (κ3) is 1.91. The van der Waals surface area contributed by atoms with Crippen LogP contribution in [-0.2, 0) is 0 Å². The summed E-state index contributed by atoms with van der Waals surface area (Å²) >= 11 is 0. The highest BCUT2D eigenvalue weighted by Crippen LogP contribution is 1.90. The number of aromatic nitrogens is 1. The van der Waals surface area contributed by atoms with Crippen LogP contribution in [0.3, 0.4) is 0 Å². The van der Waals surface area contributed by atoms with Gasteiger partial charge in [0.15, 0.2) is 0 Å². The van der Waals surface area contributed by atoms with Crippen LogP contribution in [0.4, 0.5) is 0 Å². The van der Waals surface area contributed by atoms with E-state index in [9.17, 15) is 0 Å². The van der Waals surface area contributed by atoms with E-state index in [0.717, 1.165) is 5.56 Å². The molecule has 1 heteroatoms. The zero-order valence-electron chi connectivity index (χ0n) is 5.67. The first-order valence-corrected chi connectivity index (χ1v) is 3.11. The molecule has 0 spiro atoms. The molecule has 1 radical (unpaired) electrons. The lowest BCUT2D eigenvalue weighted by Crippen LogP contribution is -1.73. The van der Waals surface area contributed by atoms with Crippen molar-refractivity contribution >= 4 is 0 Å². The molecule has 1 aromatic rings. The van der Waals surface area contributed by atoms with Crippen molar-refractivity contribution in [1.29, 1.82) is 0 Å². The highest BCUT2D eigenvalue weighted by atomic mass is 14.6. The van der Waals surface area contributed by atoms with Gasteiger partial charge in [0, 0.05) is 24.4 Å². The third-order valence-corrected chi connectivity index (χ3v) is 1.02.